The van der Waals surface area contributed by atoms with Gasteiger partial charge in [-0.15, -0.1) is 0 Å². The van der Waals surface area contributed by atoms with Gasteiger partial charge >= 0.3 is 11.9 Å². The highest BCUT2D eigenvalue weighted by Gasteiger charge is 2.11. The molecule has 0 bridgehead atoms. The minimum Gasteiger partial charge on any atom is -0.481 e. The van der Waals surface area contributed by atoms with Gasteiger partial charge in [-0.3, -0.25) is 4.79 Å². The molecule has 1 N–H and O–H groups in total. The molecule has 0 amide bonds. The Labute approximate surface area is 97.8 Å². The van der Waals surface area contributed by atoms with Gasteiger partial charge in [0.2, 0.25) is 0 Å². The number of rotatable bonds is 4. The zero-order valence-electron chi connectivity index (χ0n) is 8.70. The van der Waals surface area contributed by atoms with Crippen LogP contribution in [0.25, 0.3) is 0 Å². The summed E-state index contributed by atoms with van der Waals surface area (Å²) in [5.41, 5.74) is 0.999. The highest BCUT2D eigenvalue weighted by molar-refractivity contribution is 6.33. The third-order valence-electron chi connectivity index (χ3n) is 2.06. The largest absolute Gasteiger partial charge is 0.481 e. The molecule has 0 aliphatic carbocycles. The van der Waals surface area contributed by atoms with E-state index in [0.29, 0.717) is 11.4 Å². The Bertz CT molecular complexity index is 414. The SMILES string of the molecule is COC(=O)c1cc(CCC(=O)O)ccc1Cl. The van der Waals surface area contributed by atoms with E-state index in [9.17, 15) is 9.59 Å². The van der Waals surface area contributed by atoms with Gasteiger partial charge in [0.25, 0.3) is 0 Å². The second-order valence-electron chi connectivity index (χ2n) is 3.20. The first kappa shape index (κ1) is 12.5. The molecule has 1 rings (SSSR count). The number of benzene rings is 1. The number of carbonyl (C=O) groups is 2. The highest BCUT2D eigenvalue weighted by atomic mass is 35.5. The fraction of sp³-hybridized carbons (Fsp3) is 0.273. The molecule has 0 aromatic heterocycles. The van der Waals surface area contributed by atoms with Crippen molar-refractivity contribution in [2.45, 2.75) is 12.8 Å². The van der Waals surface area contributed by atoms with Gasteiger partial charge in [-0.25, -0.2) is 4.79 Å². The number of esters is 1. The predicted molar refractivity (Wildman–Crippen MR) is 58.7 cm³/mol. The van der Waals surface area contributed by atoms with E-state index >= 15 is 0 Å². The number of carbonyl (C=O) groups excluding carboxylic acids is 1. The Morgan fingerprint density at radius 3 is 2.69 bits per heavy atom. The number of hydrogen-bond donors (Lipinski definition) is 1. The van der Waals surface area contributed by atoms with Gasteiger partial charge in [0.05, 0.1) is 17.7 Å². The summed E-state index contributed by atoms with van der Waals surface area (Å²) in [7, 11) is 1.27. The average Bonchev–Trinajstić information content (AvgIpc) is 2.27. The molecule has 0 fully saturated rings. The molecule has 0 radical (unpaired) electrons. The lowest BCUT2D eigenvalue weighted by molar-refractivity contribution is -0.136. The van der Waals surface area contributed by atoms with Crippen molar-refractivity contribution in [3.8, 4) is 0 Å². The Morgan fingerprint density at radius 2 is 2.12 bits per heavy atom. The van der Waals surface area contributed by atoms with Gasteiger partial charge in [-0.1, -0.05) is 17.7 Å². The molecule has 4 nitrogen and oxygen atoms in total. The molecule has 0 saturated carbocycles. The molecule has 0 aliphatic heterocycles. The minimum absolute atomic E-state index is 0.0161. The van der Waals surface area contributed by atoms with Crippen LogP contribution in [0.2, 0.25) is 5.02 Å². The summed E-state index contributed by atoms with van der Waals surface area (Å²) >= 11 is 5.82. The van der Waals surface area contributed by atoms with Crippen molar-refractivity contribution in [3.05, 3.63) is 34.3 Å². The van der Waals surface area contributed by atoms with E-state index in [1.807, 2.05) is 0 Å². The molecule has 0 spiro atoms. The summed E-state index contributed by atoms with van der Waals surface area (Å²) in [6, 6.07) is 4.81. The van der Waals surface area contributed by atoms with Gasteiger partial charge in [0, 0.05) is 6.42 Å². The monoisotopic (exact) mass is 242 g/mol. The maximum absolute atomic E-state index is 11.3. The molecule has 0 atom stereocenters. The molecule has 16 heavy (non-hydrogen) atoms. The van der Waals surface area contributed by atoms with Crippen molar-refractivity contribution < 1.29 is 19.4 Å². The summed E-state index contributed by atoms with van der Waals surface area (Å²) in [5, 5.41) is 8.83. The molecule has 0 aliphatic rings. The fourth-order valence-corrected chi connectivity index (χ4v) is 1.44. The highest BCUT2D eigenvalue weighted by Crippen LogP contribution is 2.19. The summed E-state index contributed by atoms with van der Waals surface area (Å²) in [4.78, 5) is 21.7. The van der Waals surface area contributed by atoms with Crippen LogP contribution in [0.4, 0.5) is 0 Å². The van der Waals surface area contributed by atoms with Crippen molar-refractivity contribution in [2.75, 3.05) is 7.11 Å². The first-order chi connectivity index (χ1) is 7.54. The number of carboxylic acid groups (broad SMARTS) is 1. The van der Waals surface area contributed by atoms with Crippen LogP contribution < -0.4 is 0 Å². The molecule has 0 heterocycles. The molecule has 0 saturated heterocycles. The lowest BCUT2D eigenvalue weighted by atomic mass is 10.1. The Kier molecular flexibility index (Phi) is 4.31. The van der Waals surface area contributed by atoms with Crippen LogP contribution in [0.1, 0.15) is 22.3 Å². The summed E-state index contributed by atoms with van der Waals surface area (Å²) in [6.07, 6.45) is 0.374. The second kappa shape index (κ2) is 5.51. The molecule has 5 heteroatoms. The van der Waals surface area contributed by atoms with Gasteiger partial charge in [0.1, 0.15) is 0 Å². The maximum Gasteiger partial charge on any atom is 0.339 e. The zero-order chi connectivity index (χ0) is 12.1. The van der Waals surface area contributed by atoms with E-state index in [4.69, 9.17) is 16.7 Å². The van der Waals surface area contributed by atoms with Crippen molar-refractivity contribution in [2.24, 2.45) is 0 Å². The van der Waals surface area contributed by atoms with Crippen molar-refractivity contribution in [3.63, 3.8) is 0 Å². The van der Waals surface area contributed by atoms with Gasteiger partial charge < -0.3 is 9.84 Å². The van der Waals surface area contributed by atoms with Crippen LogP contribution >= 0.6 is 11.6 Å². The van der Waals surface area contributed by atoms with Crippen molar-refractivity contribution >= 4 is 23.5 Å². The van der Waals surface area contributed by atoms with Crippen molar-refractivity contribution in [1.29, 1.82) is 0 Å². The fourth-order valence-electron chi connectivity index (χ4n) is 1.25. The first-order valence-corrected chi connectivity index (χ1v) is 5.01. The average molecular weight is 243 g/mol. The van der Waals surface area contributed by atoms with Gasteiger partial charge in [-0.2, -0.15) is 0 Å². The van der Waals surface area contributed by atoms with E-state index in [-0.39, 0.29) is 12.0 Å². The van der Waals surface area contributed by atoms with Crippen LogP contribution in [0.15, 0.2) is 18.2 Å². The predicted octanol–water partition coefficient (Wildman–Crippen LogP) is 2.14. The van der Waals surface area contributed by atoms with Gasteiger partial charge in [-0.05, 0) is 24.1 Å². The minimum atomic E-state index is -0.880. The summed E-state index contributed by atoms with van der Waals surface area (Å²) < 4.78 is 4.56. The topological polar surface area (TPSA) is 63.6 Å². The number of aryl methyl sites for hydroxylation is 1. The number of carboxylic acids is 1. The molecule has 1 aromatic carbocycles. The lowest BCUT2D eigenvalue weighted by Gasteiger charge is -2.05. The third-order valence-corrected chi connectivity index (χ3v) is 2.39. The Balaban J connectivity index is 2.89. The normalized spacial score (nSPS) is 9.88. The number of methoxy groups -OCH3 is 1. The quantitative estimate of drug-likeness (QED) is 0.822. The Morgan fingerprint density at radius 1 is 1.44 bits per heavy atom. The number of halogens is 1. The number of aliphatic carboxylic acids is 1. The zero-order valence-corrected chi connectivity index (χ0v) is 9.45. The van der Waals surface area contributed by atoms with Crippen LogP contribution in [0.3, 0.4) is 0 Å². The van der Waals surface area contributed by atoms with Crippen LogP contribution in [0, 0.1) is 0 Å². The van der Waals surface area contributed by atoms with E-state index in [0.717, 1.165) is 5.56 Å². The molecular weight excluding hydrogens is 232 g/mol. The molecular formula is C11H11ClO4. The summed E-state index contributed by atoms with van der Waals surface area (Å²) in [5.74, 6) is -1.41. The smallest absolute Gasteiger partial charge is 0.339 e. The Hall–Kier alpha value is -1.55. The van der Waals surface area contributed by atoms with Crippen LogP contribution in [0.5, 0.6) is 0 Å². The van der Waals surface area contributed by atoms with Gasteiger partial charge in [0.15, 0.2) is 0 Å². The third kappa shape index (κ3) is 3.24. The lowest BCUT2D eigenvalue weighted by Crippen LogP contribution is -2.04. The van der Waals surface area contributed by atoms with Crippen molar-refractivity contribution in [1.82, 2.24) is 0 Å². The van der Waals surface area contributed by atoms with E-state index in [1.54, 1.807) is 18.2 Å². The molecule has 1 aromatic rings. The number of ether oxygens (including phenoxy) is 1. The van der Waals surface area contributed by atoms with E-state index in [2.05, 4.69) is 4.74 Å². The van der Waals surface area contributed by atoms with Crippen LogP contribution in [-0.4, -0.2) is 24.2 Å². The molecule has 86 valence electrons. The summed E-state index contributed by atoms with van der Waals surface area (Å²) in [6.45, 7) is 0. The van der Waals surface area contributed by atoms with E-state index in [1.165, 1.54) is 7.11 Å². The first-order valence-electron chi connectivity index (χ1n) is 4.63. The molecule has 0 unspecified atom stereocenters. The second-order valence-corrected chi connectivity index (χ2v) is 3.61. The van der Waals surface area contributed by atoms with E-state index < -0.39 is 11.9 Å². The number of hydrogen-bond acceptors (Lipinski definition) is 3. The van der Waals surface area contributed by atoms with Crippen LogP contribution in [-0.2, 0) is 16.0 Å². The maximum atomic E-state index is 11.3. The standard InChI is InChI=1S/C11H11ClO4/c1-16-11(15)8-6-7(2-4-9(8)12)3-5-10(13)14/h2,4,6H,3,5H2,1H3,(H,13,14).